The monoisotopic (exact) mass is 341 g/mol. The summed E-state index contributed by atoms with van der Waals surface area (Å²) in [7, 11) is 0. The fourth-order valence-corrected chi connectivity index (χ4v) is 4.75. The van der Waals surface area contributed by atoms with Crippen LogP contribution in [0.4, 0.5) is 0 Å². The van der Waals surface area contributed by atoms with E-state index < -0.39 is 0 Å². The molecule has 19 heavy (non-hydrogen) atoms. The van der Waals surface area contributed by atoms with E-state index in [1.165, 1.54) is 4.90 Å². The molecule has 0 bridgehead atoms. The first kappa shape index (κ1) is 13.3. The molecule has 0 spiro atoms. The molecule has 1 aromatic heterocycles. The number of thiophene rings is 1. The number of halogens is 1. The average molecular weight is 342 g/mol. The van der Waals surface area contributed by atoms with Crippen LogP contribution in [-0.4, -0.2) is 16.7 Å². The van der Waals surface area contributed by atoms with Crippen molar-refractivity contribution in [2.24, 2.45) is 17.8 Å². The molecule has 3 rings (SSSR count). The lowest BCUT2D eigenvalue weighted by molar-refractivity contribution is -0.141. The zero-order valence-corrected chi connectivity index (χ0v) is 13.2. The highest BCUT2D eigenvalue weighted by Crippen LogP contribution is 2.44. The largest absolute Gasteiger partial charge is 0.277 e. The maximum Gasteiger partial charge on any atom is 0.233 e. The van der Waals surface area contributed by atoms with Gasteiger partial charge in [0.25, 0.3) is 0 Å². The summed E-state index contributed by atoms with van der Waals surface area (Å²) in [4.78, 5) is 27.3. The van der Waals surface area contributed by atoms with Crippen LogP contribution in [0.25, 0.3) is 0 Å². The maximum atomic E-state index is 12.4. The Morgan fingerprint density at radius 3 is 2.37 bits per heavy atom. The van der Waals surface area contributed by atoms with Gasteiger partial charge in [-0.25, -0.2) is 0 Å². The van der Waals surface area contributed by atoms with Crippen molar-refractivity contribution in [2.45, 2.75) is 32.7 Å². The first-order valence-corrected chi connectivity index (χ1v) is 8.30. The molecule has 102 valence electrons. The number of nitrogens with zero attached hydrogens (tertiary/aromatic N) is 1. The van der Waals surface area contributed by atoms with Crippen LogP contribution in [0.3, 0.4) is 0 Å². The van der Waals surface area contributed by atoms with Crippen molar-refractivity contribution < 1.29 is 9.59 Å². The van der Waals surface area contributed by atoms with E-state index in [4.69, 9.17) is 0 Å². The van der Waals surface area contributed by atoms with Gasteiger partial charge in [0, 0.05) is 4.88 Å². The zero-order chi connectivity index (χ0) is 13.6. The number of rotatable bonds is 3. The van der Waals surface area contributed by atoms with Crippen LogP contribution in [0, 0.1) is 17.8 Å². The normalized spacial score (nSPS) is 30.2. The minimum atomic E-state index is -0.0409. The second-order valence-electron chi connectivity index (χ2n) is 5.43. The Morgan fingerprint density at radius 1 is 1.26 bits per heavy atom. The molecule has 2 atom stereocenters. The quantitative estimate of drug-likeness (QED) is 0.790. The number of likely N-dealkylation sites (tertiary alicyclic amines) is 1. The van der Waals surface area contributed by atoms with E-state index in [2.05, 4.69) is 22.9 Å². The van der Waals surface area contributed by atoms with E-state index in [-0.39, 0.29) is 23.7 Å². The second kappa shape index (κ2) is 5.02. The van der Waals surface area contributed by atoms with Crippen molar-refractivity contribution in [2.75, 3.05) is 0 Å². The summed E-state index contributed by atoms with van der Waals surface area (Å²) in [5.41, 5.74) is 0. The van der Waals surface area contributed by atoms with E-state index in [1.807, 2.05) is 12.1 Å². The summed E-state index contributed by atoms with van der Waals surface area (Å²) in [6.45, 7) is 2.58. The molecule has 0 aromatic carbocycles. The van der Waals surface area contributed by atoms with Gasteiger partial charge in [-0.15, -0.1) is 11.3 Å². The van der Waals surface area contributed by atoms with Gasteiger partial charge in [0.05, 0.1) is 22.2 Å². The molecule has 2 fully saturated rings. The van der Waals surface area contributed by atoms with Crippen molar-refractivity contribution >= 4 is 39.1 Å². The maximum absolute atomic E-state index is 12.4. The van der Waals surface area contributed by atoms with Crippen LogP contribution in [0.1, 0.15) is 31.1 Å². The van der Waals surface area contributed by atoms with Gasteiger partial charge in [0.15, 0.2) is 0 Å². The number of imide groups is 1. The van der Waals surface area contributed by atoms with Crippen LogP contribution in [0.5, 0.6) is 0 Å². The second-order valence-corrected chi connectivity index (χ2v) is 7.97. The summed E-state index contributed by atoms with van der Waals surface area (Å²) >= 11 is 4.99. The summed E-state index contributed by atoms with van der Waals surface area (Å²) in [5, 5.41) is 0. The number of hydrogen-bond donors (Lipinski definition) is 0. The molecular formula is C14H16BrNO2S. The average Bonchev–Trinajstić information content (AvgIpc) is 3.04. The number of hydrogen-bond acceptors (Lipinski definition) is 3. The summed E-state index contributed by atoms with van der Waals surface area (Å²) in [5.74, 6) is 0.577. The van der Waals surface area contributed by atoms with Crippen LogP contribution in [-0.2, 0) is 16.1 Å². The molecule has 1 saturated heterocycles. The van der Waals surface area contributed by atoms with Gasteiger partial charge in [0.1, 0.15) is 0 Å². The van der Waals surface area contributed by atoms with Gasteiger partial charge in [-0.05, 0) is 46.8 Å². The third-order valence-corrected chi connectivity index (χ3v) is 5.96. The number of carbonyl (C=O) groups is 2. The van der Waals surface area contributed by atoms with Crippen LogP contribution in [0.2, 0.25) is 0 Å². The van der Waals surface area contributed by atoms with Crippen molar-refractivity contribution in [1.29, 1.82) is 0 Å². The van der Waals surface area contributed by atoms with Crippen LogP contribution in [0.15, 0.2) is 15.9 Å². The molecule has 5 heteroatoms. The molecule has 1 aliphatic heterocycles. The highest BCUT2D eigenvalue weighted by molar-refractivity contribution is 9.11. The van der Waals surface area contributed by atoms with Crippen LogP contribution < -0.4 is 0 Å². The predicted molar refractivity (Wildman–Crippen MR) is 77.6 cm³/mol. The van der Waals surface area contributed by atoms with E-state index in [1.54, 1.807) is 11.3 Å². The Balaban J connectivity index is 1.75. The van der Waals surface area contributed by atoms with Gasteiger partial charge in [0.2, 0.25) is 11.8 Å². The predicted octanol–water partition coefficient (Wildman–Crippen LogP) is 3.43. The van der Waals surface area contributed by atoms with E-state index >= 15 is 0 Å². The van der Waals surface area contributed by atoms with Crippen molar-refractivity contribution in [1.82, 2.24) is 4.90 Å². The Morgan fingerprint density at radius 2 is 1.89 bits per heavy atom. The Kier molecular flexibility index (Phi) is 3.52. The lowest BCUT2D eigenvalue weighted by Crippen LogP contribution is -2.31. The third kappa shape index (κ3) is 2.27. The zero-order valence-electron chi connectivity index (χ0n) is 10.8. The summed E-state index contributed by atoms with van der Waals surface area (Å²) in [6.07, 6.45) is 2.87. The SMILES string of the molecule is CCC1CC2C(=O)N(Cc3ccc(Br)s3)C(=O)C2C1. The third-order valence-electron chi connectivity index (χ3n) is 4.35. The number of fused-ring (bicyclic) bond motifs is 1. The topological polar surface area (TPSA) is 37.4 Å². The fourth-order valence-electron chi connectivity index (χ4n) is 3.28. The van der Waals surface area contributed by atoms with Crippen molar-refractivity contribution in [3.05, 3.63) is 20.8 Å². The number of amides is 2. The van der Waals surface area contributed by atoms with E-state index in [9.17, 15) is 9.59 Å². The first-order valence-electron chi connectivity index (χ1n) is 6.69. The molecule has 2 amide bonds. The van der Waals surface area contributed by atoms with Crippen molar-refractivity contribution in [3.63, 3.8) is 0 Å². The van der Waals surface area contributed by atoms with Crippen molar-refractivity contribution in [3.8, 4) is 0 Å². The molecule has 2 unspecified atom stereocenters. The fraction of sp³-hybridized carbons (Fsp3) is 0.571. The molecule has 2 aliphatic rings. The molecule has 3 nitrogen and oxygen atoms in total. The molecule has 0 N–H and O–H groups in total. The molecule has 0 radical (unpaired) electrons. The molecule has 1 saturated carbocycles. The molecule has 2 heterocycles. The lowest BCUT2D eigenvalue weighted by Gasteiger charge is -2.16. The van der Waals surface area contributed by atoms with E-state index in [0.717, 1.165) is 27.9 Å². The molecular weight excluding hydrogens is 326 g/mol. The Bertz CT molecular complexity index is 503. The Labute approximate surface area is 125 Å². The van der Waals surface area contributed by atoms with Crippen LogP contribution >= 0.6 is 27.3 Å². The lowest BCUT2D eigenvalue weighted by atomic mass is 10.00. The van der Waals surface area contributed by atoms with E-state index in [0.29, 0.717) is 12.5 Å². The van der Waals surface area contributed by atoms with Gasteiger partial charge < -0.3 is 0 Å². The highest BCUT2D eigenvalue weighted by Gasteiger charge is 2.52. The Hall–Kier alpha value is -0.680. The smallest absolute Gasteiger partial charge is 0.233 e. The minimum absolute atomic E-state index is 0.0409. The minimum Gasteiger partial charge on any atom is -0.277 e. The first-order chi connectivity index (χ1) is 9.10. The van der Waals surface area contributed by atoms with Gasteiger partial charge >= 0.3 is 0 Å². The van der Waals surface area contributed by atoms with Gasteiger partial charge in [-0.2, -0.15) is 0 Å². The summed E-state index contributed by atoms with van der Waals surface area (Å²) < 4.78 is 1.04. The molecule has 1 aliphatic carbocycles. The van der Waals surface area contributed by atoms with Gasteiger partial charge in [-0.1, -0.05) is 13.3 Å². The summed E-state index contributed by atoms with van der Waals surface area (Å²) in [6, 6.07) is 3.93. The molecule has 1 aromatic rings. The highest BCUT2D eigenvalue weighted by atomic mass is 79.9. The van der Waals surface area contributed by atoms with Gasteiger partial charge in [-0.3, -0.25) is 14.5 Å². The standard InChI is InChI=1S/C14H16BrNO2S/c1-2-8-5-10-11(6-8)14(18)16(13(10)17)7-9-3-4-12(15)19-9/h3-4,8,10-11H,2,5-7H2,1H3. The number of carbonyl (C=O) groups excluding carboxylic acids is 2.